The monoisotopic (exact) mass is 293 g/mol. The minimum atomic E-state index is 0.520. The van der Waals surface area contributed by atoms with E-state index in [-0.39, 0.29) is 0 Å². The Labute approximate surface area is 99.3 Å². The lowest BCUT2D eigenvalue weighted by atomic mass is 10.2. The molecule has 0 aliphatic heterocycles. The summed E-state index contributed by atoms with van der Waals surface area (Å²) in [6, 6.07) is 3.61. The summed E-state index contributed by atoms with van der Waals surface area (Å²) >= 11 is 14.9. The number of rotatable bonds is 2. The summed E-state index contributed by atoms with van der Waals surface area (Å²) in [5.41, 5.74) is 1.56. The summed E-state index contributed by atoms with van der Waals surface area (Å²) in [7, 11) is 0. The van der Waals surface area contributed by atoms with Crippen LogP contribution >= 0.6 is 39.1 Å². The van der Waals surface area contributed by atoms with E-state index in [2.05, 4.69) is 21.1 Å². The highest BCUT2D eigenvalue weighted by atomic mass is 79.9. The Balaban J connectivity index is 2.66. The molecule has 1 aromatic carbocycles. The zero-order chi connectivity index (χ0) is 10.1. The first-order chi connectivity index (χ1) is 6.72. The minimum Gasteiger partial charge on any atom is -0.355 e. The van der Waals surface area contributed by atoms with Crippen LogP contribution in [-0.2, 0) is 6.42 Å². The number of hydrogen-bond donors (Lipinski definition) is 0. The standard InChI is InChI=1S/C9H6BrCl2NO/c10-7-4-5(12)3-6-8(1-2-11)13-14-9(6)7/h3-4H,1-2H2. The molecule has 0 aliphatic carbocycles. The average Bonchev–Trinajstić information content (AvgIpc) is 2.49. The van der Waals surface area contributed by atoms with Gasteiger partial charge in [-0.15, -0.1) is 11.6 Å². The second-order valence-corrected chi connectivity index (χ2v) is 4.50. The van der Waals surface area contributed by atoms with E-state index in [1.54, 1.807) is 6.07 Å². The summed E-state index contributed by atoms with van der Waals surface area (Å²) in [5, 5.41) is 5.52. The second kappa shape index (κ2) is 4.09. The van der Waals surface area contributed by atoms with Crippen LogP contribution < -0.4 is 0 Å². The van der Waals surface area contributed by atoms with E-state index in [1.807, 2.05) is 6.07 Å². The first-order valence-corrected chi connectivity index (χ1v) is 5.72. The molecule has 0 aliphatic rings. The molecule has 2 rings (SSSR count). The fourth-order valence-electron chi connectivity index (χ4n) is 1.29. The van der Waals surface area contributed by atoms with Crippen molar-refractivity contribution in [3.63, 3.8) is 0 Å². The molecule has 1 heterocycles. The topological polar surface area (TPSA) is 26.0 Å². The molecule has 2 aromatic rings. The molecule has 0 amide bonds. The van der Waals surface area contributed by atoms with Gasteiger partial charge in [-0.2, -0.15) is 0 Å². The second-order valence-electron chi connectivity index (χ2n) is 2.83. The van der Waals surface area contributed by atoms with Gasteiger partial charge in [0, 0.05) is 22.7 Å². The van der Waals surface area contributed by atoms with Crippen LogP contribution in [0, 0.1) is 0 Å². The first kappa shape index (κ1) is 10.3. The predicted octanol–water partition coefficient (Wildman–Crippen LogP) is 4.03. The number of nitrogens with zero attached hydrogens (tertiary/aromatic N) is 1. The zero-order valence-corrected chi connectivity index (χ0v) is 10.2. The number of aromatic nitrogens is 1. The van der Waals surface area contributed by atoms with Crippen molar-refractivity contribution in [2.45, 2.75) is 6.42 Å². The molecule has 0 radical (unpaired) electrons. The lowest BCUT2D eigenvalue weighted by Gasteiger charge is -1.94. The van der Waals surface area contributed by atoms with Crippen LogP contribution in [-0.4, -0.2) is 11.0 Å². The van der Waals surface area contributed by atoms with E-state index in [1.165, 1.54) is 0 Å². The van der Waals surface area contributed by atoms with Gasteiger partial charge in [0.15, 0.2) is 5.58 Å². The van der Waals surface area contributed by atoms with Crippen LogP contribution in [0.15, 0.2) is 21.1 Å². The van der Waals surface area contributed by atoms with E-state index < -0.39 is 0 Å². The summed E-state index contributed by atoms with van der Waals surface area (Å²) in [5.74, 6) is 0.520. The molecule has 1 aromatic heterocycles. The van der Waals surface area contributed by atoms with Crippen molar-refractivity contribution in [2.75, 3.05) is 5.88 Å². The predicted molar refractivity (Wildman–Crippen MR) is 61.1 cm³/mol. The molecular formula is C9H6BrCl2NO. The molecule has 0 spiro atoms. The molecule has 0 N–H and O–H groups in total. The summed E-state index contributed by atoms with van der Waals surface area (Å²) in [6.07, 6.45) is 0.682. The molecule has 0 unspecified atom stereocenters. The lowest BCUT2D eigenvalue weighted by Crippen LogP contribution is -1.85. The fraction of sp³-hybridized carbons (Fsp3) is 0.222. The third-order valence-electron chi connectivity index (χ3n) is 1.90. The summed E-state index contributed by atoms with van der Waals surface area (Å²) < 4.78 is 5.99. The van der Waals surface area contributed by atoms with Crippen molar-refractivity contribution in [1.82, 2.24) is 5.16 Å². The third kappa shape index (κ3) is 1.76. The number of benzene rings is 1. The van der Waals surface area contributed by atoms with E-state index in [0.29, 0.717) is 17.3 Å². The van der Waals surface area contributed by atoms with Crippen molar-refractivity contribution < 1.29 is 4.52 Å². The van der Waals surface area contributed by atoms with Gasteiger partial charge in [0.1, 0.15) is 0 Å². The summed E-state index contributed by atoms with van der Waals surface area (Å²) in [4.78, 5) is 0. The van der Waals surface area contributed by atoms with E-state index in [4.69, 9.17) is 27.7 Å². The number of alkyl halides is 1. The van der Waals surface area contributed by atoms with E-state index >= 15 is 0 Å². The fourth-order valence-corrected chi connectivity index (χ4v) is 2.35. The Hall–Kier alpha value is -0.250. The van der Waals surface area contributed by atoms with Crippen molar-refractivity contribution in [3.05, 3.63) is 27.3 Å². The largest absolute Gasteiger partial charge is 0.355 e. The van der Waals surface area contributed by atoms with Gasteiger partial charge in [-0.1, -0.05) is 16.8 Å². The molecule has 0 bridgehead atoms. The van der Waals surface area contributed by atoms with Crippen molar-refractivity contribution >= 4 is 50.1 Å². The molecule has 74 valence electrons. The molecule has 5 heteroatoms. The molecule has 0 fully saturated rings. The van der Waals surface area contributed by atoms with E-state index in [0.717, 1.165) is 21.1 Å². The SMILES string of the molecule is ClCCc1noc2c(Br)cc(Cl)cc12. The normalized spacial score (nSPS) is 11.1. The number of halogens is 3. The molecular weight excluding hydrogens is 289 g/mol. The van der Waals surface area contributed by atoms with Crippen molar-refractivity contribution in [1.29, 1.82) is 0 Å². The van der Waals surface area contributed by atoms with Gasteiger partial charge in [0.05, 0.1) is 10.2 Å². The number of aryl methyl sites for hydroxylation is 1. The Morgan fingerprint density at radius 2 is 2.21 bits per heavy atom. The molecule has 0 saturated carbocycles. The first-order valence-electron chi connectivity index (χ1n) is 4.01. The van der Waals surface area contributed by atoms with Crippen LogP contribution in [0.3, 0.4) is 0 Å². The quantitative estimate of drug-likeness (QED) is 0.782. The zero-order valence-electron chi connectivity index (χ0n) is 7.06. The van der Waals surface area contributed by atoms with Gasteiger partial charge in [-0.3, -0.25) is 0 Å². The maximum atomic E-state index is 5.92. The van der Waals surface area contributed by atoms with Gasteiger partial charge in [-0.25, -0.2) is 0 Å². The molecule has 14 heavy (non-hydrogen) atoms. The van der Waals surface area contributed by atoms with E-state index in [9.17, 15) is 0 Å². The Morgan fingerprint density at radius 3 is 2.93 bits per heavy atom. The third-order valence-corrected chi connectivity index (χ3v) is 2.89. The maximum Gasteiger partial charge on any atom is 0.181 e. The smallest absolute Gasteiger partial charge is 0.181 e. The molecule has 2 nitrogen and oxygen atoms in total. The van der Waals surface area contributed by atoms with Crippen LogP contribution in [0.5, 0.6) is 0 Å². The Kier molecular flexibility index (Phi) is 3.00. The average molecular weight is 295 g/mol. The van der Waals surface area contributed by atoms with Crippen LogP contribution in [0.25, 0.3) is 11.0 Å². The van der Waals surface area contributed by atoms with Crippen molar-refractivity contribution in [2.24, 2.45) is 0 Å². The van der Waals surface area contributed by atoms with Gasteiger partial charge in [-0.05, 0) is 28.1 Å². The number of fused-ring (bicyclic) bond motifs is 1. The Bertz CT molecular complexity index is 469. The van der Waals surface area contributed by atoms with Crippen LogP contribution in [0.2, 0.25) is 5.02 Å². The Morgan fingerprint density at radius 1 is 1.43 bits per heavy atom. The highest BCUT2D eigenvalue weighted by molar-refractivity contribution is 9.10. The molecule has 0 saturated heterocycles. The van der Waals surface area contributed by atoms with Gasteiger partial charge >= 0.3 is 0 Å². The van der Waals surface area contributed by atoms with Crippen molar-refractivity contribution in [3.8, 4) is 0 Å². The van der Waals surface area contributed by atoms with Gasteiger partial charge in [0.2, 0.25) is 0 Å². The summed E-state index contributed by atoms with van der Waals surface area (Å²) in [6.45, 7) is 0. The number of hydrogen-bond acceptors (Lipinski definition) is 2. The maximum absolute atomic E-state index is 5.92. The van der Waals surface area contributed by atoms with Crippen LogP contribution in [0.1, 0.15) is 5.69 Å². The van der Waals surface area contributed by atoms with Crippen LogP contribution in [0.4, 0.5) is 0 Å². The highest BCUT2D eigenvalue weighted by Crippen LogP contribution is 2.30. The highest BCUT2D eigenvalue weighted by Gasteiger charge is 2.11. The minimum absolute atomic E-state index is 0.520. The lowest BCUT2D eigenvalue weighted by molar-refractivity contribution is 0.446. The molecule has 0 atom stereocenters. The van der Waals surface area contributed by atoms with Gasteiger partial charge < -0.3 is 4.52 Å². The van der Waals surface area contributed by atoms with Gasteiger partial charge in [0.25, 0.3) is 0 Å².